The lowest BCUT2D eigenvalue weighted by Crippen LogP contribution is -2.51. The van der Waals surface area contributed by atoms with Gasteiger partial charge in [-0.1, -0.05) is 11.8 Å². The van der Waals surface area contributed by atoms with Crippen LogP contribution in [0, 0.1) is 0 Å². The zero-order valence-corrected chi connectivity index (χ0v) is 17.8. The first-order valence-electron chi connectivity index (χ1n) is 9.90. The largest absolute Gasteiger partial charge is 0.494 e. The highest BCUT2D eigenvalue weighted by molar-refractivity contribution is 7.99. The van der Waals surface area contributed by atoms with Crippen molar-refractivity contribution in [1.29, 1.82) is 0 Å². The summed E-state index contributed by atoms with van der Waals surface area (Å²) in [5.74, 6) is 1.13. The van der Waals surface area contributed by atoms with Crippen LogP contribution in [-0.2, 0) is 4.79 Å². The number of hydrogen-bond donors (Lipinski definition) is 0. The molecule has 1 aliphatic heterocycles. The molecule has 0 unspecified atom stereocenters. The van der Waals surface area contributed by atoms with Gasteiger partial charge >= 0.3 is 0 Å². The first kappa shape index (κ1) is 20.9. The van der Waals surface area contributed by atoms with Gasteiger partial charge in [0.2, 0.25) is 11.1 Å². The fourth-order valence-corrected chi connectivity index (χ4v) is 4.01. The van der Waals surface area contributed by atoms with E-state index in [1.807, 2.05) is 31.2 Å². The summed E-state index contributed by atoms with van der Waals surface area (Å²) in [5, 5.41) is 12.3. The van der Waals surface area contributed by atoms with E-state index < -0.39 is 0 Å². The predicted octanol–water partition coefficient (Wildman–Crippen LogP) is 1.73. The van der Waals surface area contributed by atoms with Gasteiger partial charge in [-0.2, -0.15) is 4.68 Å². The molecule has 162 valence electrons. The summed E-state index contributed by atoms with van der Waals surface area (Å²) in [6, 6.07) is 10.8. The van der Waals surface area contributed by atoms with Crippen molar-refractivity contribution in [1.82, 2.24) is 30.0 Å². The third-order valence-corrected chi connectivity index (χ3v) is 5.71. The van der Waals surface area contributed by atoms with Gasteiger partial charge < -0.3 is 19.0 Å². The minimum atomic E-state index is -0.152. The van der Waals surface area contributed by atoms with Gasteiger partial charge in [0.05, 0.1) is 24.3 Å². The van der Waals surface area contributed by atoms with Crippen molar-refractivity contribution in [2.45, 2.75) is 12.1 Å². The maximum atomic E-state index is 12.7. The molecule has 31 heavy (non-hydrogen) atoms. The molecule has 0 radical (unpaired) electrons. The Morgan fingerprint density at radius 1 is 1.10 bits per heavy atom. The van der Waals surface area contributed by atoms with E-state index in [0.29, 0.717) is 43.7 Å². The average Bonchev–Trinajstić information content (AvgIpc) is 3.50. The van der Waals surface area contributed by atoms with Crippen molar-refractivity contribution in [3.8, 4) is 11.4 Å². The van der Waals surface area contributed by atoms with Crippen molar-refractivity contribution in [3.05, 3.63) is 48.4 Å². The van der Waals surface area contributed by atoms with Crippen LogP contribution in [0.3, 0.4) is 0 Å². The predicted molar refractivity (Wildman–Crippen MR) is 112 cm³/mol. The lowest BCUT2D eigenvalue weighted by Gasteiger charge is -2.34. The van der Waals surface area contributed by atoms with E-state index >= 15 is 0 Å². The molecule has 3 aromatic rings. The Labute approximate surface area is 183 Å². The zero-order valence-electron chi connectivity index (χ0n) is 17.0. The van der Waals surface area contributed by atoms with Gasteiger partial charge in [-0.05, 0) is 53.7 Å². The molecule has 0 aliphatic carbocycles. The van der Waals surface area contributed by atoms with Gasteiger partial charge in [-0.15, -0.1) is 5.10 Å². The summed E-state index contributed by atoms with van der Waals surface area (Å²) in [7, 11) is 0. The maximum absolute atomic E-state index is 12.7. The van der Waals surface area contributed by atoms with Crippen LogP contribution in [0.5, 0.6) is 5.75 Å². The summed E-state index contributed by atoms with van der Waals surface area (Å²) in [5.41, 5.74) is 0.786. The van der Waals surface area contributed by atoms with Crippen LogP contribution in [-0.4, -0.2) is 80.4 Å². The Kier molecular flexibility index (Phi) is 6.51. The van der Waals surface area contributed by atoms with Crippen LogP contribution < -0.4 is 4.74 Å². The van der Waals surface area contributed by atoms with Gasteiger partial charge in [0.25, 0.3) is 5.91 Å². The molecule has 1 aliphatic rings. The number of ether oxygens (including phenoxy) is 1. The second-order valence-corrected chi connectivity index (χ2v) is 7.68. The van der Waals surface area contributed by atoms with E-state index in [1.165, 1.54) is 18.0 Å². The van der Waals surface area contributed by atoms with E-state index in [4.69, 9.17) is 9.15 Å². The monoisotopic (exact) mass is 442 g/mol. The number of amides is 2. The smallest absolute Gasteiger partial charge is 0.289 e. The third-order valence-electron chi connectivity index (χ3n) is 4.81. The molecule has 11 heteroatoms. The fraction of sp³-hybridized carbons (Fsp3) is 0.350. The molecule has 2 aromatic heterocycles. The Morgan fingerprint density at radius 2 is 1.84 bits per heavy atom. The fourth-order valence-electron chi connectivity index (χ4n) is 3.21. The Bertz CT molecular complexity index is 1010. The second kappa shape index (κ2) is 9.65. The normalized spacial score (nSPS) is 14.0. The van der Waals surface area contributed by atoms with Crippen LogP contribution in [0.2, 0.25) is 0 Å². The molecule has 0 bridgehead atoms. The topological polar surface area (TPSA) is 107 Å². The van der Waals surface area contributed by atoms with Gasteiger partial charge in [0.1, 0.15) is 5.75 Å². The molecule has 0 saturated carbocycles. The van der Waals surface area contributed by atoms with Crippen molar-refractivity contribution in [3.63, 3.8) is 0 Å². The number of aromatic nitrogens is 4. The van der Waals surface area contributed by atoms with Crippen molar-refractivity contribution >= 4 is 23.6 Å². The van der Waals surface area contributed by atoms with E-state index in [-0.39, 0.29) is 17.6 Å². The number of nitrogens with zero attached hydrogens (tertiary/aromatic N) is 6. The van der Waals surface area contributed by atoms with Crippen LogP contribution in [0.1, 0.15) is 17.5 Å². The Hall–Kier alpha value is -3.34. The first-order valence-corrected chi connectivity index (χ1v) is 10.9. The second-order valence-electron chi connectivity index (χ2n) is 6.74. The van der Waals surface area contributed by atoms with Crippen LogP contribution >= 0.6 is 11.8 Å². The summed E-state index contributed by atoms with van der Waals surface area (Å²) < 4.78 is 12.2. The molecule has 0 atom stereocenters. The molecule has 1 fully saturated rings. The molecule has 10 nitrogen and oxygen atoms in total. The van der Waals surface area contributed by atoms with E-state index in [0.717, 1.165) is 11.4 Å². The lowest BCUT2D eigenvalue weighted by atomic mass is 10.3. The molecular formula is C20H22N6O4S. The number of carbonyl (C=O) groups excluding carboxylic acids is 2. The molecule has 1 saturated heterocycles. The number of furan rings is 1. The number of thioether (sulfide) groups is 1. The highest BCUT2D eigenvalue weighted by Gasteiger charge is 2.26. The van der Waals surface area contributed by atoms with E-state index in [1.54, 1.807) is 26.6 Å². The zero-order chi connectivity index (χ0) is 21.6. The first-order chi connectivity index (χ1) is 15.2. The molecule has 0 N–H and O–H groups in total. The molecule has 4 rings (SSSR count). The van der Waals surface area contributed by atoms with Gasteiger partial charge in [-0.25, -0.2) is 0 Å². The van der Waals surface area contributed by atoms with E-state index in [2.05, 4.69) is 15.5 Å². The van der Waals surface area contributed by atoms with Gasteiger partial charge in [-0.3, -0.25) is 9.59 Å². The SMILES string of the molecule is CCOc1ccc(-n2nnnc2SCC(=O)N2CCN(C(=O)c3ccco3)CC2)cc1. The number of piperazine rings is 1. The number of tetrazole rings is 1. The molecule has 1 aromatic carbocycles. The minimum absolute atomic E-state index is 0.0173. The quantitative estimate of drug-likeness (QED) is 0.509. The number of hydrogen-bond acceptors (Lipinski definition) is 8. The highest BCUT2D eigenvalue weighted by Crippen LogP contribution is 2.21. The number of carbonyl (C=O) groups is 2. The van der Waals surface area contributed by atoms with Gasteiger partial charge in [0, 0.05) is 26.2 Å². The minimum Gasteiger partial charge on any atom is -0.494 e. The lowest BCUT2D eigenvalue weighted by molar-refractivity contribution is -0.129. The molecular weight excluding hydrogens is 420 g/mol. The van der Waals surface area contributed by atoms with Crippen molar-refractivity contribution in [2.75, 3.05) is 38.5 Å². The molecule has 3 heterocycles. The molecule has 2 amide bonds. The summed E-state index contributed by atoms with van der Waals surface area (Å²) in [4.78, 5) is 28.4. The highest BCUT2D eigenvalue weighted by atomic mass is 32.2. The maximum Gasteiger partial charge on any atom is 0.289 e. The summed E-state index contributed by atoms with van der Waals surface area (Å²) >= 11 is 1.28. The van der Waals surface area contributed by atoms with Crippen molar-refractivity contribution < 1.29 is 18.7 Å². The Morgan fingerprint density at radius 3 is 2.52 bits per heavy atom. The van der Waals surface area contributed by atoms with E-state index in [9.17, 15) is 9.59 Å². The Balaban J connectivity index is 1.30. The number of rotatable bonds is 7. The molecule has 0 spiro atoms. The average molecular weight is 443 g/mol. The van der Waals surface area contributed by atoms with Crippen molar-refractivity contribution in [2.24, 2.45) is 0 Å². The standard InChI is InChI=1S/C20H22N6O4S/c1-2-29-16-7-5-15(6-8-16)26-20(21-22-23-26)31-14-18(27)24-9-11-25(12-10-24)19(28)17-4-3-13-30-17/h3-8,13H,2,9-12,14H2,1H3. The van der Waals surface area contributed by atoms with Crippen LogP contribution in [0.15, 0.2) is 52.2 Å². The summed E-state index contributed by atoms with van der Waals surface area (Å²) in [6.07, 6.45) is 1.48. The van der Waals surface area contributed by atoms with Crippen LogP contribution in [0.25, 0.3) is 5.69 Å². The summed E-state index contributed by atoms with van der Waals surface area (Å²) in [6.45, 7) is 4.43. The third kappa shape index (κ3) is 4.88. The number of benzene rings is 1. The van der Waals surface area contributed by atoms with Gasteiger partial charge in [0.15, 0.2) is 5.76 Å². The van der Waals surface area contributed by atoms with Crippen LogP contribution in [0.4, 0.5) is 0 Å².